The van der Waals surface area contributed by atoms with Gasteiger partial charge in [0.05, 0.1) is 0 Å². The summed E-state index contributed by atoms with van der Waals surface area (Å²) in [5, 5.41) is 0. The molecule has 0 spiro atoms. The second-order valence-electron chi connectivity index (χ2n) is 4.57. The average molecular weight is 252 g/mol. The first-order valence-corrected chi connectivity index (χ1v) is 7.22. The first-order chi connectivity index (χ1) is 8.77. The molecule has 0 fully saturated rings. The van der Waals surface area contributed by atoms with Crippen LogP contribution in [0.3, 0.4) is 0 Å². The zero-order chi connectivity index (χ0) is 13.5. The van der Waals surface area contributed by atoms with Gasteiger partial charge in [-0.05, 0) is 18.9 Å². The number of hydrogen-bond acceptors (Lipinski definition) is 2. The summed E-state index contributed by atoms with van der Waals surface area (Å²) in [6, 6.07) is 0. The Balaban J connectivity index is 3.20. The van der Waals surface area contributed by atoms with Crippen LogP contribution in [0.15, 0.2) is 24.3 Å². The van der Waals surface area contributed by atoms with Gasteiger partial charge in [0.2, 0.25) is 0 Å². The maximum absolute atomic E-state index is 10.5. The van der Waals surface area contributed by atoms with Crippen LogP contribution in [0, 0.1) is 0 Å². The highest BCUT2D eigenvalue weighted by Crippen LogP contribution is 2.08. The van der Waals surface area contributed by atoms with Crippen molar-refractivity contribution in [3.8, 4) is 0 Å². The zero-order valence-electron chi connectivity index (χ0n) is 12.0. The third-order valence-electron chi connectivity index (χ3n) is 2.74. The Morgan fingerprint density at radius 3 is 2.22 bits per heavy atom. The molecule has 0 aliphatic rings. The Morgan fingerprint density at radius 1 is 0.944 bits per heavy atom. The Bertz CT molecular complexity index is 241. The zero-order valence-corrected chi connectivity index (χ0v) is 12.0. The number of esters is 1. The molecule has 0 aliphatic heterocycles. The molecular formula is C16H28O2. The van der Waals surface area contributed by atoms with Crippen LogP contribution in [-0.4, -0.2) is 12.6 Å². The Labute approximate surface area is 112 Å². The third-order valence-corrected chi connectivity index (χ3v) is 2.74. The Morgan fingerprint density at radius 2 is 1.56 bits per heavy atom. The summed E-state index contributed by atoms with van der Waals surface area (Å²) < 4.78 is 4.77. The quantitative estimate of drug-likeness (QED) is 0.300. The molecule has 0 amide bonds. The van der Waals surface area contributed by atoms with E-state index in [0.29, 0.717) is 6.61 Å². The first-order valence-electron chi connectivity index (χ1n) is 7.22. The summed E-state index contributed by atoms with van der Waals surface area (Å²) in [5.74, 6) is -0.230. The molecular weight excluding hydrogens is 224 g/mol. The predicted octanol–water partition coefficient (Wildman–Crippen LogP) is 4.80. The second-order valence-corrected chi connectivity index (χ2v) is 4.57. The average Bonchev–Trinajstić information content (AvgIpc) is 2.34. The van der Waals surface area contributed by atoms with Crippen LogP contribution in [-0.2, 0) is 9.53 Å². The topological polar surface area (TPSA) is 26.3 Å². The number of carbonyl (C=O) groups is 1. The number of rotatable bonds is 11. The minimum atomic E-state index is -0.230. The van der Waals surface area contributed by atoms with Gasteiger partial charge in [0, 0.05) is 6.92 Å². The normalized spacial score (nSPS) is 11.4. The van der Waals surface area contributed by atoms with Gasteiger partial charge in [0.15, 0.2) is 0 Å². The third kappa shape index (κ3) is 14.9. The van der Waals surface area contributed by atoms with E-state index < -0.39 is 0 Å². The van der Waals surface area contributed by atoms with Crippen LogP contribution >= 0.6 is 0 Å². The van der Waals surface area contributed by atoms with E-state index in [1.54, 1.807) is 0 Å². The van der Waals surface area contributed by atoms with Crippen molar-refractivity contribution in [3.05, 3.63) is 24.3 Å². The molecule has 0 rings (SSSR count). The van der Waals surface area contributed by atoms with Crippen molar-refractivity contribution in [2.45, 2.75) is 65.2 Å². The molecule has 0 heterocycles. The van der Waals surface area contributed by atoms with Gasteiger partial charge in [-0.25, -0.2) is 0 Å². The van der Waals surface area contributed by atoms with E-state index in [1.165, 1.54) is 51.9 Å². The van der Waals surface area contributed by atoms with Gasteiger partial charge in [0.1, 0.15) is 6.61 Å². The lowest BCUT2D eigenvalue weighted by Gasteiger charge is -1.98. The summed E-state index contributed by atoms with van der Waals surface area (Å²) in [6.07, 6.45) is 18.6. The maximum atomic E-state index is 10.5. The number of carbonyl (C=O) groups excluding carboxylic acids is 1. The highest BCUT2D eigenvalue weighted by Gasteiger charge is 1.89. The molecule has 0 aliphatic carbocycles. The van der Waals surface area contributed by atoms with Gasteiger partial charge in [-0.2, -0.15) is 0 Å². The van der Waals surface area contributed by atoms with E-state index in [2.05, 4.69) is 13.0 Å². The van der Waals surface area contributed by atoms with Gasteiger partial charge in [-0.3, -0.25) is 4.79 Å². The smallest absolute Gasteiger partial charge is 0.302 e. The molecule has 2 heteroatoms. The van der Waals surface area contributed by atoms with Crippen molar-refractivity contribution >= 4 is 5.97 Å². The molecule has 0 radical (unpaired) electrons. The van der Waals surface area contributed by atoms with Crippen LogP contribution in [0.4, 0.5) is 0 Å². The summed E-state index contributed by atoms with van der Waals surface area (Å²) in [5.41, 5.74) is 0. The fourth-order valence-electron chi connectivity index (χ4n) is 1.69. The summed E-state index contributed by atoms with van der Waals surface area (Å²) >= 11 is 0. The second kappa shape index (κ2) is 14.0. The first kappa shape index (κ1) is 16.9. The number of unbranched alkanes of at least 4 members (excludes halogenated alkanes) is 7. The molecule has 0 aromatic rings. The van der Waals surface area contributed by atoms with Gasteiger partial charge >= 0.3 is 5.97 Å². The van der Waals surface area contributed by atoms with Crippen molar-refractivity contribution in [1.82, 2.24) is 0 Å². The van der Waals surface area contributed by atoms with E-state index in [9.17, 15) is 4.79 Å². The lowest BCUT2D eigenvalue weighted by atomic mass is 10.1. The largest absolute Gasteiger partial charge is 0.462 e. The van der Waals surface area contributed by atoms with Crippen molar-refractivity contribution in [2.75, 3.05) is 6.61 Å². The van der Waals surface area contributed by atoms with Crippen LogP contribution in [0.25, 0.3) is 0 Å². The maximum Gasteiger partial charge on any atom is 0.302 e. The van der Waals surface area contributed by atoms with Crippen LogP contribution in [0.2, 0.25) is 0 Å². The summed E-state index contributed by atoms with van der Waals surface area (Å²) in [4.78, 5) is 10.5. The molecule has 18 heavy (non-hydrogen) atoms. The van der Waals surface area contributed by atoms with Crippen LogP contribution in [0.5, 0.6) is 0 Å². The molecule has 0 aromatic heterocycles. The van der Waals surface area contributed by atoms with Crippen molar-refractivity contribution < 1.29 is 9.53 Å². The van der Waals surface area contributed by atoms with E-state index in [4.69, 9.17) is 4.74 Å². The molecule has 0 N–H and O–H groups in total. The minimum absolute atomic E-state index is 0.230. The molecule has 2 nitrogen and oxygen atoms in total. The molecule has 0 saturated carbocycles. The highest BCUT2D eigenvalue weighted by atomic mass is 16.5. The van der Waals surface area contributed by atoms with Crippen molar-refractivity contribution in [2.24, 2.45) is 0 Å². The minimum Gasteiger partial charge on any atom is -0.462 e. The van der Waals surface area contributed by atoms with Crippen LogP contribution < -0.4 is 0 Å². The molecule has 0 aromatic carbocycles. The van der Waals surface area contributed by atoms with Crippen LogP contribution in [0.1, 0.15) is 65.2 Å². The Kier molecular flexibility index (Phi) is 13.2. The van der Waals surface area contributed by atoms with Gasteiger partial charge < -0.3 is 4.74 Å². The molecule has 0 saturated heterocycles. The number of allylic oxidation sites excluding steroid dienone is 3. The van der Waals surface area contributed by atoms with Gasteiger partial charge in [-0.1, -0.05) is 63.7 Å². The van der Waals surface area contributed by atoms with E-state index in [-0.39, 0.29) is 5.97 Å². The van der Waals surface area contributed by atoms with E-state index in [0.717, 1.165) is 6.42 Å². The molecule has 0 bridgehead atoms. The van der Waals surface area contributed by atoms with E-state index in [1.807, 2.05) is 18.2 Å². The standard InChI is InChI=1S/C16H28O2/c1-3-4-5-6-7-8-9-10-11-12-13-14-15-18-16(2)17/h11-14H,3-10,15H2,1-2H3. The molecule has 104 valence electrons. The van der Waals surface area contributed by atoms with E-state index >= 15 is 0 Å². The number of ether oxygens (including phenoxy) is 1. The predicted molar refractivity (Wildman–Crippen MR) is 77.5 cm³/mol. The fraction of sp³-hybridized carbons (Fsp3) is 0.688. The lowest BCUT2D eigenvalue weighted by Crippen LogP contribution is -1.96. The van der Waals surface area contributed by atoms with Crippen molar-refractivity contribution in [3.63, 3.8) is 0 Å². The Hall–Kier alpha value is -1.05. The number of hydrogen-bond donors (Lipinski definition) is 0. The lowest BCUT2D eigenvalue weighted by molar-refractivity contribution is -0.139. The molecule has 0 atom stereocenters. The fourth-order valence-corrected chi connectivity index (χ4v) is 1.69. The van der Waals surface area contributed by atoms with Crippen molar-refractivity contribution in [1.29, 1.82) is 0 Å². The van der Waals surface area contributed by atoms with Gasteiger partial charge in [-0.15, -0.1) is 0 Å². The monoisotopic (exact) mass is 252 g/mol. The highest BCUT2D eigenvalue weighted by molar-refractivity contribution is 5.65. The summed E-state index contributed by atoms with van der Waals surface area (Å²) in [6.45, 7) is 4.04. The SMILES string of the molecule is CCCCCCCCCC=CC=CCOC(C)=O. The van der Waals surface area contributed by atoms with Gasteiger partial charge in [0.25, 0.3) is 0 Å². The summed E-state index contributed by atoms with van der Waals surface area (Å²) in [7, 11) is 0. The molecule has 0 unspecified atom stereocenters.